The van der Waals surface area contributed by atoms with Crippen molar-refractivity contribution in [2.75, 3.05) is 0 Å². The van der Waals surface area contributed by atoms with Crippen molar-refractivity contribution in [1.29, 1.82) is 0 Å². The molecule has 3 nitrogen and oxygen atoms in total. The monoisotopic (exact) mass is 211 g/mol. The quantitative estimate of drug-likeness (QED) is 0.670. The summed E-state index contributed by atoms with van der Waals surface area (Å²) in [6.07, 6.45) is 4.48. The maximum atomic E-state index is 11.3. The molecule has 0 saturated heterocycles. The lowest BCUT2D eigenvalue weighted by molar-refractivity contribution is -0.131. The van der Waals surface area contributed by atoms with E-state index < -0.39 is 6.04 Å². The van der Waals surface area contributed by atoms with Gasteiger partial charge in [0.2, 0.25) is 0 Å². The van der Waals surface area contributed by atoms with Crippen LogP contribution < -0.4 is 0 Å². The Morgan fingerprint density at radius 2 is 1.80 bits per heavy atom. The van der Waals surface area contributed by atoms with Crippen LogP contribution in [0.5, 0.6) is 0 Å². The molecule has 1 unspecified atom stereocenters. The van der Waals surface area contributed by atoms with Crippen LogP contribution in [0.3, 0.4) is 0 Å². The average molecular weight is 211 g/mol. The third kappa shape index (κ3) is 5.83. The Kier molecular flexibility index (Phi) is 9.84. The number of rotatable bonds is 4. The second kappa shape index (κ2) is 9.19. The summed E-state index contributed by atoms with van der Waals surface area (Å²) in [5.74, 6) is -0.311. The molecule has 0 heterocycles. The van der Waals surface area contributed by atoms with Gasteiger partial charge >= 0.3 is 0 Å². The van der Waals surface area contributed by atoms with Gasteiger partial charge in [-0.15, -0.1) is 0 Å². The van der Waals surface area contributed by atoms with Crippen molar-refractivity contribution >= 4 is 11.7 Å². The van der Waals surface area contributed by atoms with Crippen LogP contribution in [-0.4, -0.2) is 22.6 Å². The summed E-state index contributed by atoms with van der Waals surface area (Å²) in [5, 5.41) is 0. The molecule has 0 aromatic heterocycles. The summed E-state index contributed by atoms with van der Waals surface area (Å²) in [7, 11) is 0. The lowest BCUT2D eigenvalue weighted by atomic mass is 10.2. The Bertz CT molecular complexity index is 244. The molecule has 3 heteroatoms. The molecule has 0 saturated carbocycles. The van der Waals surface area contributed by atoms with Crippen LogP contribution in [-0.2, 0) is 9.59 Å². The van der Waals surface area contributed by atoms with Crippen molar-refractivity contribution in [1.82, 2.24) is 4.90 Å². The minimum atomic E-state index is -0.429. The maximum Gasteiger partial charge on any atom is 0.250 e. The number of amides is 1. The molecule has 0 aromatic carbocycles. The van der Waals surface area contributed by atoms with Gasteiger partial charge in [-0.2, -0.15) is 0 Å². The summed E-state index contributed by atoms with van der Waals surface area (Å²) < 4.78 is 0. The number of Topliss-reactive ketones (excluding diaryl/α,β-unsaturated/α-hetero) is 1. The molecule has 0 aromatic rings. The molecule has 0 fully saturated rings. The lowest BCUT2D eigenvalue weighted by Gasteiger charge is -2.21. The number of carbonyl (C=O) groups is 2. The van der Waals surface area contributed by atoms with E-state index in [9.17, 15) is 9.59 Å². The fraction of sp³-hybridized carbons (Fsp3) is 0.500. The summed E-state index contributed by atoms with van der Waals surface area (Å²) in [5.41, 5.74) is 0. The molecule has 1 amide bonds. The van der Waals surface area contributed by atoms with E-state index in [0.29, 0.717) is 0 Å². The maximum absolute atomic E-state index is 11.3. The van der Waals surface area contributed by atoms with E-state index in [1.165, 1.54) is 17.9 Å². The van der Waals surface area contributed by atoms with Crippen LogP contribution in [0.1, 0.15) is 34.6 Å². The number of allylic oxidation sites excluding steroid dienone is 1. The highest BCUT2D eigenvalue weighted by Gasteiger charge is 2.18. The van der Waals surface area contributed by atoms with Gasteiger partial charge in [0.15, 0.2) is 5.78 Å². The standard InChI is InChI=1S/C10H15NO2.C2H6/c1-5-7-11(10(13)6-2)8(3)9(4)12;1-2/h5-8H,2H2,1,3-4H3;1-2H3/b7-5-;. The van der Waals surface area contributed by atoms with Gasteiger partial charge in [0.25, 0.3) is 5.91 Å². The molecule has 0 N–H and O–H groups in total. The Balaban J connectivity index is 0. The molecule has 0 aliphatic heterocycles. The zero-order chi connectivity index (χ0) is 12.4. The molecular formula is C12H21NO2. The molecule has 0 aliphatic rings. The summed E-state index contributed by atoms with van der Waals surface area (Å²) in [4.78, 5) is 23.6. The van der Waals surface area contributed by atoms with Gasteiger partial charge in [-0.25, -0.2) is 0 Å². The van der Waals surface area contributed by atoms with Crippen LogP contribution in [0, 0.1) is 0 Å². The van der Waals surface area contributed by atoms with Crippen LogP contribution in [0.2, 0.25) is 0 Å². The molecule has 1 atom stereocenters. The van der Waals surface area contributed by atoms with Gasteiger partial charge in [-0.05, 0) is 26.8 Å². The molecule has 0 aliphatic carbocycles. The van der Waals surface area contributed by atoms with Gasteiger partial charge in [0.1, 0.15) is 0 Å². The van der Waals surface area contributed by atoms with Crippen LogP contribution >= 0.6 is 0 Å². The molecule has 0 spiro atoms. The Morgan fingerprint density at radius 3 is 2.07 bits per heavy atom. The SMILES string of the molecule is C=CC(=O)N(/C=C\C)C(C)C(C)=O.CC. The fourth-order valence-corrected chi connectivity index (χ4v) is 0.855. The number of hydrogen-bond donors (Lipinski definition) is 0. The fourth-order valence-electron chi connectivity index (χ4n) is 0.855. The van der Waals surface area contributed by atoms with Crippen molar-refractivity contribution < 1.29 is 9.59 Å². The van der Waals surface area contributed by atoms with Gasteiger partial charge < -0.3 is 4.90 Å². The van der Waals surface area contributed by atoms with Crippen molar-refractivity contribution in [3.8, 4) is 0 Å². The Morgan fingerprint density at radius 1 is 1.33 bits per heavy atom. The van der Waals surface area contributed by atoms with Gasteiger partial charge in [0.05, 0.1) is 6.04 Å². The predicted molar refractivity (Wildman–Crippen MR) is 63.3 cm³/mol. The molecular weight excluding hydrogens is 190 g/mol. The third-order valence-electron chi connectivity index (χ3n) is 1.74. The second-order valence-corrected chi connectivity index (χ2v) is 2.72. The Hall–Kier alpha value is -1.38. The predicted octanol–water partition coefficient (Wildman–Crippen LogP) is 2.54. The zero-order valence-corrected chi connectivity index (χ0v) is 10.3. The molecule has 0 bridgehead atoms. The normalized spacial score (nSPS) is 11.3. The van der Waals surface area contributed by atoms with E-state index in [2.05, 4.69) is 6.58 Å². The highest BCUT2D eigenvalue weighted by molar-refractivity contribution is 5.93. The molecule has 0 rings (SSSR count). The van der Waals surface area contributed by atoms with Crippen LogP contribution in [0.15, 0.2) is 24.9 Å². The van der Waals surface area contributed by atoms with Crippen molar-refractivity contribution in [2.24, 2.45) is 0 Å². The van der Waals surface area contributed by atoms with E-state index in [4.69, 9.17) is 0 Å². The minimum Gasteiger partial charge on any atom is -0.306 e. The molecule has 15 heavy (non-hydrogen) atoms. The van der Waals surface area contributed by atoms with Crippen LogP contribution in [0.4, 0.5) is 0 Å². The average Bonchev–Trinajstić information content (AvgIpc) is 2.26. The second-order valence-electron chi connectivity index (χ2n) is 2.72. The van der Waals surface area contributed by atoms with E-state index in [1.807, 2.05) is 13.8 Å². The first-order chi connectivity index (χ1) is 7.04. The first-order valence-corrected chi connectivity index (χ1v) is 5.12. The van der Waals surface area contributed by atoms with Crippen molar-refractivity contribution in [3.63, 3.8) is 0 Å². The summed E-state index contributed by atoms with van der Waals surface area (Å²) in [6, 6.07) is -0.429. The number of nitrogens with zero attached hydrogens (tertiary/aromatic N) is 1. The van der Waals surface area contributed by atoms with E-state index in [-0.39, 0.29) is 11.7 Å². The first kappa shape index (κ1) is 16.1. The topological polar surface area (TPSA) is 37.4 Å². The molecule has 86 valence electrons. The lowest BCUT2D eigenvalue weighted by Crippen LogP contribution is -2.37. The highest BCUT2D eigenvalue weighted by atomic mass is 16.2. The highest BCUT2D eigenvalue weighted by Crippen LogP contribution is 2.02. The van der Waals surface area contributed by atoms with Crippen LogP contribution in [0.25, 0.3) is 0 Å². The van der Waals surface area contributed by atoms with Crippen molar-refractivity contribution in [3.05, 3.63) is 24.9 Å². The summed E-state index contributed by atoms with van der Waals surface area (Å²) >= 11 is 0. The van der Waals surface area contributed by atoms with E-state index in [0.717, 1.165) is 0 Å². The van der Waals surface area contributed by atoms with Gasteiger partial charge in [-0.3, -0.25) is 9.59 Å². The third-order valence-corrected chi connectivity index (χ3v) is 1.74. The summed E-state index contributed by atoms with van der Waals surface area (Å²) in [6.45, 7) is 12.3. The van der Waals surface area contributed by atoms with Crippen molar-refractivity contribution in [2.45, 2.75) is 40.7 Å². The first-order valence-electron chi connectivity index (χ1n) is 5.12. The number of carbonyl (C=O) groups excluding carboxylic acids is 2. The Labute approximate surface area is 92.5 Å². The number of hydrogen-bond acceptors (Lipinski definition) is 2. The minimum absolute atomic E-state index is 0.0479. The smallest absolute Gasteiger partial charge is 0.250 e. The van der Waals surface area contributed by atoms with Gasteiger partial charge in [0, 0.05) is 6.20 Å². The molecule has 0 radical (unpaired) electrons. The van der Waals surface area contributed by atoms with Gasteiger partial charge in [-0.1, -0.05) is 26.5 Å². The van der Waals surface area contributed by atoms with E-state index in [1.54, 1.807) is 26.1 Å². The zero-order valence-electron chi connectivity index (χ0n) is 10.3. The van der Waals surface area contributed by atoms with E-state index >= 15 is 0 Å². The number of ketones is 1. The largest absolute Gasteiger partial charge is 0.306 e.